The quantitative estimate of drug-likeness (QED) is 0.810. The van der Waals surface area contributed by atoms with Gasteiger partial charge in [0.15, 0.2) is 11.6 Å². The fourth-order valence-electron chi connectivity index (χ4n) is 2.17. The van der Waals surface area contributed by atoms with E-state index >= 15 is 0 Å². The summed E-state index contributed by atoms with van der Waals surface area (Å²) in [6.45, 7) is 1.31. The van der Waals surface area contributed by atoms with Gasteiger partial charge in [0.2, 0.25) is 5.91 Å². The van der Waals surface area contributed by atoms with Crippen LogP contribution in [-0.4, -0.2) is 17.0 Å². The standard InChI is InChI=1S/C18H14F3NO3/c1-18(9-8-16(23)24,11-6-7-12(19)14(21)10-11)17(25)22-15-5-3-2-4-13(15)20/h2-10H,1H3,(H,22,25)(H,23,24). The number of benzene rings is 2. The Balaban J connectivity index is 2.47. The smallest absolute Gasteiger partial charge is 0.328 e. The largest absolute Gasteiger partial charge is 0.478 e. The van der Waals surface area contributed by atoms with Crippen LogP contribution in [0.1, 0.15) is 12.5 Å². The summed E-state index contributed by atoms with van der Waals surface area (Å²) in [6, 6.07) is 8.17. The minimum atomic E-state index is -1.67. The molecule has 4 nitrogen and oxygen atoms in total. The minimum absolute atomic E-state index is 0.0118. The number of halogens is 3. The molecule has 1 atom stereocenters. The number of nitrogens with one attached hydrogen (secondary N) is 1. The van der Waals surface area contributed by atoms with E-state index in [0.717, 1.165) is 30.3 Å². The topological polar surface area (TPSA) is 66.4 Å². The summed E-state index contributed by atoms with van der Waals surface area (Å²) in [5.74, 6) is -5.12. The van der Waals surface area contributed by atoms with Gasteiger partial charge in [0, 0.05) is 6.08 Å². The average molecular weight is 349 g/mol. The Morgan fingerprint density at radius 2 is 1.72 bits per heavy atom. The second-order valence-electron chi connectivity index (χ2n) is 5.44. The number of hydrogen-bond donors (Lipinski definition) is 2. The summed E-state index contributed by atoms with van der Waals surface area (Å²) in [4.78, 5) is 23.5. The van der Waals surface area contributed by atoms with E-state index in [2.05, 4.69) is 5.32 Å². The lowest BCUT2D eigenvalue weighted by Crippen LogP contribution is -2.36. The van der Waals surface area contributed by atoms with Gasteiger partial charge >= 0.3 is 5.97 Å². The van der Waals surface area contributed by atoms with Gasteiger partial charge < -0.3 is 10.4 Å². The first-order valence-corrected chi connectivity index (χ1v) is 7.17. The zero-order valence-electron chi connectivity index (χ0n) is 13.1. The first kappa shape index (κ1) is 18.3. The Bertz CT molecular complexity index is 851. The molecule has 0 saturated carbocycles. The van der Waals surface area contributed by atoms with Gasteiger partial charge in [-0.05, 0) is 36.8 Å². The number of carbonyl (C=O) groups excluding carboxylic acids is 1. The molecule has 25 heavy (non-hydrogen) atoms. The number of carbonyl (C=O) groups is 2. The third kappa shape index (κ3) is 4.06. The summed E-state index contributed by atoms with van der Waals surface area (Å²) >= 11 is 0. The van der Waals surface area contributed by atoms with Crippen molar-refractivity contribution in [3.05, 3.63) is 77.6 Å². The van der Waals surface area contributed by atoms with Crippen molar-refractivity contribution in [2.24, 2.45) is 0 Å². The molecule has 1 amide bonds. The van der Waals surface area contributed by atoms with E-state index in [-0.39, 0.29) is 11.3 Å². The highest BCUT2D eigenvalue weighted by Gasteiger charge is 2.34. The van der Waals surface area contributed by atoms with E-state index in [1.165, 1.54) is 25.1 Å². The van der Waals surface area contributed by atoms with Crippen molar-refractivity contribution in [1.82, 2.24) is 0 Å². The van der Waals surface area contributed by atoms with Gasteiger partial charge in [-0.2, -0.15) is 0 Å². The van der Waals surface area contributed by atoms with Gasteiger partial charge in [-0.25, -0.2) is 18.0 Å². The van der Waals surface area contributed by atoms with E-state index < -0.39 is 34.7 Å². The molecule has 2 aromatic rings. The normalized spacial score (nSPS) is 13.4. The molecule has 0 fully saturated rings. The van der Waals surface area contributed by atoms with Crippen LogP contribution in [0.5, 0.6) is 0 Å². The van der Waals surface area contributed by atoms with Gasteiger partial charge in [0.1, 0.15) is 5.82 Å². The Labute approximate surface area is 141 Å². The third-order valence-corrected chi connectivity index (χ3v) is 3.67. The zero-order valence-corrected chi connectivity index (χ0v) is 13.1. The first-order valence-electron chi connectivity index (χ1n) is 7.17. The lowest BCUT2D eigenvalue weighted by molar-refractivity contribution is -0.131. The molecule has 2 rings (SSSR count). The summed E-state index contributed by atoms with van der Waals surface area (Å²) < 4.78 is 40.5. The number of rotatable bonds is 5. The van der Waals surface area contributed by atoms with Crippen molar-refractivity contribution < 1.29 is 27.9 Å². The molecule has 1 unspecified atom stereocenters. The lowest BCUT2D eigenvalue weighted by atomic mass is 9.81. The van der Waals surface area contributed by atoms with E-state index in [4.69, 9.17) is 5.11 Å². The Morgan fingerprint density at radius 3 is 2.32 bits per heavy atom. The predicted octanol–water partition coefficient (Wildman–Crippen LogP) is 3.64. The minimum Gasteiger partial charge on any atom is -0.478 e. The van der Waals surface area contributed by atoms with E-state index in [1.54, 1.807) is 0 Å². The molecular weight excluding hydrogens is 335 g/mol. The van der Waals surface area contributed by atoms with Crippen molar-refractivity contribution in [2.75, 3.05) is 5.32 Å². The summed E-state index contributed by atoms with van der Waals surface area (Å²) in [5, 5.41) is 11.2. The fourth-order valence-corrected chi connectivity index (χ4v) is 2.17. The Morgan fingerprint density at radius 1 is 1.04 bits per heavy atom. The summed E-state index contributed by atoms with van der Waals surface area (Å²) in [6.07, 6.45) is 1.74. The molecule has 2 N–H and O–H groups in total. The number of hydrogen-bond acceptors (Lipinski definition) is 2. The highest BCUT2D eigenvalue weighted by molar-refractivity contribution is 6.01. The van der Waals surface area contributed by atoms with Crippen LogP contribution in [0.4, 0.5) is 18.9 Å². The Kier molecular flexibility index (Phi) is 5.26. The first-order chi connectivity index (χ1) is 11.7. The van der Waals surface area contributed by atoms with Crippen molar-refractivity contribution in [3.8, 4) is 0 Å². The number of carboxylic acid groups (broad SMARTS) is 1. The lowest BCUT2D eigenvalue weighted by Gasteiger charge is -2.25. The molecule has 0 aliphatic carbocycles. The SMILES string of the molecule is CC(C=CC(=O)O)(C(=O)Nc1ccccc1F)c1ccc(F)c(F)c1. The van der Waals surface area contributed by atoms with Crippen LogP contribution in [0.25, 0.3) is 0 Å². The molecule has 0 bridgehead atoms. The molecule has 2 aromatic carbocycles. The maximum absolute atomic E-state index is 13.7. The van der Waals surface area contributed by atoms with E-state index in [9.17, 15) is 22.8 Å². The molecule has 0 aliphatic rings. The summed E-state index contributed by atoms with van der Waals surface area (Å²) in [5.41, 5.74) is -1.78. The molecular formula is C18H14F3NO3. The molecule has 0 spiro atoms. The van der Waals surface area contributed by atoms with Crippen molar-refractivity contribution in [1.29, 1.82) is 0 Å². The summed E-state index contributed by atoms with van der Waals surface area (Å²) in [7, 11) is 0. The van der Waals surface area contributed by atoms with E-state index in [1.807, 2.05) is 0 Å². The van der Waals surface area contributed by atoms with Crippen molar-refractivity contribution in [2.45, 2.75) is 12.3 Å². The molecule has 0 heterocycles. The number of anilines is 1. The number of carboxylic acids is 1. The molecule has 0 saturated heterocycles. The van der Waals surface area contributed by atoms with Gasteiger partial charge in [-0.1, -0.05) is 24.3 Å². The second kappa shape index (κ2) is 7.21. The molecule has 0 radical (unpaired) electrons. The van der Waals surface area contributed by atoms with Gasteiger partial charge in [-0.3, -0.25) is 4.79 Å². The monoisotopic (exact) mass is 349 g/mol. The van der Waals surface area contributed by atoms with Gasteiger partial charge in [0.25, 0.3) is 0 Å². The predicted molar refractivity (Wildman–Crippen MR) is 85.5 cm³/mol. The maximum atomic E-state index is 13.7. The number of aliphatic carboxylic acids is 1. The Hall–Kier alpha value is -3.09. The van der Waals surface area contributed by atoms with E-state index in [0.29, 0.717) is 6.08 Å². The van der Waals surface area contributed by atoms with Crippen LogP contribution < -0.4 is 5.32 Å². The van der Waals surface area contributed by atoms with Crippen LogP contribution in [-0.2, 0) is 15.0 Å². The van der Waals surface area contributed by atoms with Gasteiger partial charge in [-0.15, -0.1) is 0 Å². The molecule has 0 aromatic heterocycles. The average Bonchev–Trinajstić information content (AvgIpc) is 2.57. The number of amides is 1. The fraction of sp³-hybridized carbons (Fsp3) is 0.111. The highest BCUT2D eigenvalue weighted by Crippen LogP contribution is 2.29. The van der Waals surface area contributed by atoms with Crippen LogP contribution in [0.3, 0.4) is 0 Å². The zero-order chi connectivity index (χ0) is 18.6. The van der Waals surface area contributed by atoms with Crippen LogP contribution in [0, 0.1) is 17.5 Å². The van der Waals surface area contributed by atoms with Crippen molar-refractivity contribution in [3.63, 3.8) is 0 Å². The van der Waals surface area contributed by atoms with Crippen molar-refractivity contribution >= 4 is 17.6 Å². The molecule has 0 aliphatic heterocycles. The second-order valence-corrected chi connectivity index (χ2v) is 5.44. The highest BCUT2D eigenvalue weighted by atomic mass is 19.2. The number of para-hydroxylation sites is 1. The molecule has 130 valence electrons. The van der Waals surface area contributed by atoms with Gasteiger partial charge in [0.05, 0.1) is 11.1 Å². The van der Waals surface area contributed by atoms with Crippen LogP contribution in [0.15, 0.2) is 54.6 Å². The van der Waals surface area contributed by atoms with Crippen LogP contribution in [0.2, 0.25) is 0 Å². The molecule has 7 heteroatoms. The maximum Gasteiger partial charge on any atom is 0.328 e. The third-order valence-electron chi connectivity index (χ3n) is 3.67. The van der Waals surface area contributed by atoms with Crippen LogP contribution >= 0.6 is 0 Å².